The van der Waals surface area contributed by atoms with E-state index in [2.05, 4.69) is 27.9 Å². The predicted octanol–water partition coefficient (Wildman–Crippen LogP) is 3.18. The van der Waals surface area contributed by atoms with Crippen LogP contribution in [0, 0.1) is 3.57 Å². The fourth-order valence-electron chi connectivity index (χ4n) is 1.41. The molecule has 0 radical (unpaired) electrons. The van der Waals surface area contributed by atoms with Gasteiger partial charge in [0, 0.05) is 26.1 Å². The van der Waals surface area contributed by atoms with E-state index in [1.165, 1.54) is 0 Å². The first-order valence-electron chi connectivity index (χ1n) is 5.26. The predicted molar refractivity (Wildman–Crippen MR) is 81.6 cm³/mol. The lowest BCUT2D eigenvalue weighted by Crippen LogP contribution is -2.27. The third-order valence-electron chi connectivity index (χ3n) is 2.28. The largest absolute Gasteiger partial charge is 0.381 e. The van der Waals surface area contributed by atoms with Gasteiger partial charge in [-0.15, -0.1) is 0 Å². The van der Waals surface area contributed by atoms with E-state index in [1.54, 1.807) is 13.0 Å². The molecule has 0 bridgehead atoms. The Morgan fingerprint density at radius 2 is 2.12 bits per heavy atom. The highest BCUT2D eigenvalue weighted by molar-refractivity contribution is 14.1. The minimum Gasteiger partial charge on any atom is -0.381 e. The molecule has 1 atom stereocenters. The van der Waals surface area contributed by atoms with Crippen LogP contribution in [-0.2, 0) is 9.84 Å². The van der Waals surface area contributed by atoms with Gasteiger partial charge in [0.15, 0.2) is 9.84 Å². The molecule has 0 fully saturated rings. The maximum absolute atomic E-state index is 11.5. The zero-order chi connectivity index (χ0) is 13.1. The second kappa shape index (κ2) is 6.24. The number of nitrogens with one attached hydrogen (secondary N) is 1. The van der Waals surface area contributed by atoms with Crippen molar-refractivity contribution in [1.29, 1.82) is 0 Å². The van der Waals surface area contributed by atoms with Crippen LogP contribution in [0.2, 0.25) is 5.02 Å². The second-order valence-corrected chi connectivity index (χ2v) is 7.86. The van der Waals surface area contributed by atoms with Crippen LogP contribution in [0.3, 0.4) is 0 Å². The summed E-state index contributed by atoms with van der Waals surface area (Å²) in [5, 5.41) is 3.86. The quantitative estimate of drug-likeness (QED) is 0.789. The number of hydrogen-bond acceptors (Lipinski definition) is 3. The second-order valence-electron chi connectivity index (χ2n) is 3.87. The number of benzene rings is 1. The van der Waals surface area contributed by atoms with Gasteiger partial charge in [-0.05, 0) is 47.7 Å². The molecular weight excluding hydrogens is 373 g/mol. The fraction of sp³-hybridized carbons (Fsp3) is 0.455. The monoisotopic (exact) mass is 387 g/mol. The lowest BCUT2D eigenvalue weighted by molar-refractivity contribution is 0.593. The van der Waals surface area contributed by atoms with E-state index in [9.17, 15) is 8.42 Å². The summed E-state index contributed by atoms with van der Waals surface area (Å²) in [6, 6.07) is 5.37. The molecule has 1 unspecified atom stereocenters. The van der Waals surface area contributed by atoms with Crippen LogP contribution >= 0.6 is 34.2 Å². The van der Waals surface area contributed by atoms with Crippen LogP contribution in [0.5, 0.6) is 0 Å². The Morgan fingerprint density at radius 1 is 1.47 bits per heavy atom. The van der Waals surface area contributed by atoms with Gasteiger partial charge in [0.05, 0.1) is 5.75 Å². The number of anilines is 1. The molecule has 17 heavy (non-hydrogen) atoms. The third kappa shape index (κ3) is 5.01. The molecule has 96 valence electrons. The molecule has 1 aromatic rings. The number of rotatable bonds is 5. The Morgan fingerprint density at radius 3 is 2.65 bits per heavy atom. The lowest BCUT2D eigenvalue weighted by atomic mass is 10.3. The average molecular weight is 388 g/mol. The standard InChI is InChI=1S/C11H15ClINO2S/c1-3-17(15,16)7-8(2)14-11-5-4-9(12)6-10(11)13/h4-6,8,14H,3,7H2,1-2H3. The Bertz CT molecular complexity index is 490. The first-order chi connectivity index (χ1) is 7.84. The van der Waals surface area contributed by atoms with Gasteiger partial charge in [-0.1, -0.05) is 18.5 Å². The minimum absolute atomic E-state index is 0.116. The van der Waals surface area contributed by atoms with E-state index in [0.29, 0.717) is 5.02 Å². The zero-order valence-corrected chi connectivity index (χ0v) is 13.4. The molecule has 1 rings (SSSR count). The van der Waals surface area contributed by atoms with Crippen molar-refractivity contribution >= 4 is 49.7 Å². The molecular formula is C11H15ClINO2S. The summed E-state index contributed by atoms with van der Waals surface area (Å²) in [7, 11) is -2.95. The highest BCUT2D eigenvalue weighted by atomic mass is 127. The van der Waals surface area contributed by atoms with Gasteiger partial charge in [0.1, 0.15) is 0 Å². The molecule has 0 aliphatic heterocycles. The maximum atomic E-state index is 11.5. The Hall–Kier alpha value is -0.0100. The van der Waals surface area contributed by atoms with Crippen molar-refractivity contribution in [2.45, 2.75) is 19.9 Å². The van der Waals surface area contributed by atoms with Gasteiger partial charge in [-0.3, -0.25) is 0 Å². The summed E-state index contributed by atoms with van der Waals surface area (Å²) in [6.07, 6.45) is 0. The third-order valence-corrected chi connectivity index (χ3v) is 5.29. The van der Waals surface area contributed by atoms with Gasteiger partial charge in [0.2, 0.25) is 0 Å². The van der Waals surface area contributed by atoms with Crippen molar-refractivity contribution in [2.24, 2.45) is 0 Å². The Kier molecular flexibility index (Phi) is 5.53. The van der Waals surface area contributed by atoms with Crippen molar-refractivity contribution < 1.29 is 8.42 Å². The van der Waals surface area contributed by atoms with Crippen molar-refractivity contribution in [1.82, 2.24) is 0 Å². The minimum atomic E-state index is -2.95. The summed E-state index contributed by atoms with van der Waals surface area (Å²) < 4.78 is 23.9. The summed E-state index contributed by atoms with van der Waals surface area (Å²) in [5.74, 6) is 0.318. The smallest absolute Gasteiger partial charge is 0.152 e. The fourth-order valence-corrected chi connectivity index (χ4v) is 3.52. The summed E-state index contributed by atoms with van der Waals surface area (Å²) >= 11 is 8.02. The summed E-state index contributed by atoms with van der Waals surface area (Å²) in [4.78, 5) is 0. The van der Waals surface area contributed by atoms with E-state index in [4.69, 9.17) is 11.6 Å². The van der Waals surface area contributed by atoms with E-state index < -0.39 is 9.84 Å². The Labute approximate surface area is 121 Å². The van der Waals surface area contributed by atoms with Gasteiger partial charge in [-0.2, -0.15) is 0 Å². The van der Waals surface area contributed by atoms with Crippen molar-refractivity contribution in [3.8, 4) is 0 Å². The molecule has 1 N–H and O–H groups in total. The van der Waals surface area contributed by atoms with Crippen LogP contribution in [0.4, 0.5) is 5.69 Å². The number of sulfone groups is 1. The summed E-state index contributed by atoms with van der Waals surface area (Å²) in [5.41, 5.74) is 0.911. The van der Waals surface area contributed by atoms with Crippen LogP contribution in [0.1, 0.15) is 13.8 Å². The molecule has 0 amide bonds. The first-order valence-corrected chi connectivity index (χ1v) is 8.54. The van der Waals surface area contributed by atoms with E-state index >= 15 is 0 Å². The molecule has 0 heterocycles. The van der Waals surface area contributed by atoms with E-state index in [1.807, 2.05) is 19.1 Å². The molecule has 6 heteroatoms. The SMILES string of the molecule is CCS(=O)(=O)CC(C)Nc1ccc(Cl)cc1I. The van der Waals surface area contributed by atoms with E-state index in [0.717, 1.165) is 9.26 Å². The molecule has 0 saturated carbocycles. The van der Waals surface area contributed by atoms with Crippen LogP contribution in [-0.4, -0.2) is 26.0 Å². The van der Waals surface area contributed by atoms with E-state index in [-0.39, 0.29) is 17.5 Å². The molecule has 0 aliphatic carbocycles. The Balaban J connectivity index is 2.72. The summed E-state index contributed by atoms with van der Waals surface area (Å²) in [6.45, 7) is 3.52. The van der Waals surface area contributed by atoms with Gasteiger partial charge < -0.3 is 5.32 Å². The molecule has 0 aromatic heterocycles. The van der Waals surface area contributed by atoms with Crippen molar-refractivity contribution in [3.05, 3.63) is 26.8 Å². The van der Waals surface area contributed by atoms with Crippen molar-refractivity contribution in [2.75, 3.05) is 16.8 Å². The molecule has 0 saturated heterocycles. The number of hydrogen-bond donors (Lipinski definition) is 1. The number of halogens is 2. The molecule has 1 aromatic carbocycles. The van der Waals surface area contributed by atoms with Gasteiger partial charge in [-0.25, -0.2) is 8.42 Å². The first kappa shape index (κ1) is 15.0. The molecule has 3 nitrogen and oxygen atoms in total. The molecule has 0 aliphatic rings. The highest BCUT2D eigenvalue weighted by Gasteiger charge is 2.14. The van der Waals surface area contributed by atoms with Gasteiger partial charge >= 0.3 is 0 Å². The van der Waals surface area contributed by atoms with Crippen LogP contribution < -0.4 is 5.32 Å². The van der Waals surface area contributed by atoms with Crippen LogP contribution in [0.15, 0.2) is 18.2 Å². The molecule has 0 spiro atoms. The van der Waals surface area contributed by atoms with Crippen molar-refractivity contribution in [3.63, 3.8) is 0 Å². The van der Waals surface area contributed by atoms with Crippen LogP contribution in [0.25, 0.3) is 0 Å². The van der Waals surface area contributed by atoms with Gasteiger partial charge in [0.25, 0.3) is 0 Å². The average Bonchev–Trinajstić information content (AvgIpc) is 2.21. The lowest BCUT2D eigenvalue weighted by Gasteiger charge is -2.16. The highest BCUT2D eigenvalue weighted by Crippen LogP contribution is 2.23. The zero-order valence-electron chi connectivity index (χ0n) is 9.70. The maximum Gasteiger partial charge on any atom is 0.152 e. The normalized spacial score (nSPS) is 13.4. The topological polar surface area (TPSA) is 46.2 Å².